The van der Waals surface area contributed by atoms with Gasteiger partial charge in [-0.05, 0) is 6.92 Å². The third-order valence-corrected chi connectivity index (χ3v) is 0.498. The van der Waals surface area contributed by atoms with E-state index in [1.54, 1.807) is 0 Å². The van der Waals surface area contributed by atoms with E-state index in [0.29, 0.717) is 6.61 Å². The fourth-order valence-electron chi connectivity index (χ4n) is 0.118. The molecule has 0 fully saturated rings. The third-order valence-electron chi connectivity index (χ3n) is 0.262. The second kappa shape index (κ2) is 6.73. The molecule has 0 aliphatic rings. The van der Waals surface area contributed by atoms with Crippen molar-refractivity contribution in [1.29, 1.82) is 0 Å². The minimum Gasteiger partial charge on any atom is -0.514 e. The molecule has 1 nitrogen and oxygen atoms in total. The van der Waals surface area contributed by atoms with Crippen molar-refractivity contribution in [2.75, 3.05) is 6.61 Å². The predicted octanol–water partition coefficient (Wildman–Crippen LogP) is 0.852. The summed E-state index contributed by atoms with van der Waals surface area (Å²) in [5.74, 6) is 0. The number of hydrogen-bond acceptors (Lipinski definition) is 3. The molecule has 0 rings (SSSR count). The van der Waals surface area contributed by atoms with Crippen LogP contribution in [0.4, 0.5) is 0 Å². The van der Waals surface area contributed by atoms with Crippen LogP contribution in [0.3, 0.4) is 0 Å². The van der Waals surface area contributed by atoms with Gasteiger partial charge in [-0.15, -0.1) is 0 Å². The van der Waals surface area contributed by atoms with E-state index in [-0.39, 0.29) is 23.9 Å². The minimum absolute atomic E-state index is 0. The van der Waals surface area contributed by atoms with Crippen LogP contribution in [0.1, 0.15) is 6.92 Å². The van der Waals surface area contributed by atoms with Crippen molar-refractivity contribution in [3.8, 4) is 0 Å². The molecule has 0 amide bonds. The van der Waals surface area contributed by atoms with Crippen LogP contribution in [0.2, 0.25) is 0 Å². The Balaban J connectivity index is 0. The Morgan fingerprint density at radius 1 is 1.86 bits per heavy atom. The molecule has 0 aromatic rings. The standard InChI is InChI=1S/C3H6OS2.Zn/c1-2-4-3(5)6;/h2H2,1H3,(H,5,6);/p-1. The molecule has 38 valence electrons. The van der Waals surface area contributed by atoms with E-state index in [1.165, 1.54) is 0 Å². The Bertz CT molecular complexity index is 56.9. The summed E-state index contributed by atoms with van der Waals surface area (Å²) in [6, 6.07) is 0. The van der Waals surface area contributed by atoms with Gasteiger partial charge in [0.2, 0.25) is 0 Å². The average molecular weight is 187 g/mol. The number of thiocarbonyl (C=S) groups is 1. The molecule has 0 radical (unpaired) electrons. The van der Waals surface area contributed by atoms with E-state index in [9.17, 15) is 0 Å². The van der Waals surface area contributed by atoms with Crippen LogP contribution in [0.25, 0.3) is 0 Å². The van der Waals surface area contributed by atoms with E-state index < -0.39 is 0 Å². The maximum atomic E-state index is 4.59. The van der Waals surface area contributed by atoms with E-state index in [2.05, 4.69) is 29.6 Å². The smallest absolute Gasteiger partial charge is 0.0830 e. The van der Waals surface area contributed by atoms with Crippen molar-refractivity contribution in [2.24, 2.45) is 0 Å². The van der Waals surface area contributed by atoms with Crippen molar-refractivity contribution >= 4 is 29.2 Å². The van der Waals surface area contributed by atoms with Gasteiger partial charge in [-0.3, -0.25) is 0 Å². The van der Waals surface area contributed by atoms with E-state index in [0.717, 1.165) is 0 Å². The van der Waals surface area contributed by atoms with Gasteiger partial charge in [-0.25, -0.2) is 0 Å². The Hall–Kier alpha value is 0.733. The second-order valence-electron chi connectivity index (χ2n) is 0.683. The number of rotatable bonds is 1. The molecule has 0 aliphatic heterocycles. The number of hydrogen-bond donors (Lipinski definition) is 0. The predicted molar refractivity (Wildman–Crippen MR) is 31.6 cm³/mol. The van der Waals surface area contributed by atoms with Gasteiger partial charge in [-0.2, -0.15) is 0 Å². The third kappa shape index (κ3) is 10.8. The molecular formula is C3H5OS2Zn-. The minimum atomic E-state index is 0. The van der Waals surface area contributed by atoms with Crippen molar-refractivity contribution in [2.45, 2.75) is 6.92 Å². The number of ether oxygens (including phenoxy) is 1. The van der Waals surface area contributed by atoms with Crippen molar-refractivity contribution in [3.63, 3.8) is 0 Å². The largest absolute Gasteiger partial charge is 0.514 e. The monoisotopic (exact) mass is 185 g/mol. The zero-order chi connectivity index (χ0) is 4.99. The van der Waals surface area contributed by atoms with Crippen LogP contribution < -0.4 is 0 Å². The summed E-state index contributed by atoms with van der Waals surface area (Å²) in [7, 11) is 0. The Morgan fingerprint density at radius 2 is 2.29 bits per heavy atom. The van der Waals surface area contributed by atoms with Crippen LogP contribution in [0, 0.1) is 0 Å². The molecule has 0 aliphatic carbocycles. The Kier molecular flexibility index (Phi) is 10.3. The van der Waals surface area contributed by atoms with Gasteiger partial charge in [-0.1, -0.05) is 0 Å². The Morgan fingerprint density at radius 3 is 2.29 bits per heavy atom. The van der Waals surface area contributed by atoms with Crippen LogP contribution >= 0.6 is 12.2 Å². The van der Waals surface area contributed by atoms with E-state index in [4.69, 9.17) is 0 Å². The first-order chi connectivity index (χ1) is 2.77. The molecule has 0 atom stereocenters. The first kappa shape index (κ1) is 10.7. The molecular weight excluding hydrogens is 182 g/mol. The maximum Gasteiger partial charge on any atom is 0.0830 e. The van der Waals surface area contributed by atoms with Crippen molar-refractivity contribution < 1.29 is 24.2 Å². The van der Waals surface area contributed by atoms with Crippen molar-refractivity contribution in [1.82, 2.24) is 0 Å². The van der Waals surface area contributed by atoms with Crippen LogP contribution in [0.5, 0.6) is 0 Å². The zero-order valence-electron chi connectivity index (χ0n) is 4.14. The molecule has 4 heteroatoms. The second-order valence-corrected chi connectivity index (χ2v) is 1.68. The summed E-state index contributed by atoms with van der Waals surface area (Å²) in [5.41, 5.74) is 0. The maximum absolute atomic E-state index is 4.59. The van der Waals surface area contributed by atoms with E-state index in [1.807, 2.05) is 6.92 Å². The van der Waals surface area contributed by atoms with Crippen molar-refractivity contribution in [3.05, 3.63) is 0 Å². The first-order valence-corrected chi connectivity index (χ1v) is 2.42. The molecule has 0 saturated carbocycles. The summed E-state index contributed by atoms with van der Waals surface area (Å²) in [4.78, 5) is 0. The quantitative estimate of drug-likeness (QED) is 0.342. The molecule has 0 unspecified atom stereocenters. The van der Waals surface area contributed by atoms with Gasteiger partial charge in [0.15, 0.2) is 0 Å². The fraction of sp³-hybridized carbons (Fsp3) is 0.667. The first-order valence-electron chi connectivity index (χ1n) is 1.61. The van der Waals surface area contributed by atoms with Gasteiger partial charge in [0.05, 0.1) is 6.61 Å². The van der Waals surface area contributed by atoms with Gasteiger partial charge in [0.1, 0.15) is 0 Å². The topological polar surface area (TPSA) is 9.23 Å². The Labute approximate surface area is 67.0 Å². The van der Waals surface area contributed by atoms with Crippen LogP contribution in [-0.2, 0) is 36.8 Å². The van der Waals surface area contributed by atoms with Gasteiger partial charge < -0.3 is 29.6 Å². The molecule has 0 aromatic carbocycles. The molecule has 0 saturated heterocycles. The van der Waals surface area contributed by atoms with E-state index >= 15 is 0 Å². The summed E-state index contributed by atoms with van der Waals surface area (Å²) in [5, 5.41) is 0. The zero-order valence-corrected chi connectivity index (χ0v) is 8.74. The molecule has 0 bridgehead atoms. The van der Waals surface area contributed by atoms with Gasteiger partial charge in [0, 0.05) is 23.9 Å². The normalized spacial score (nSPS) is 6.43. The van der Waals surface area contributed by atoms with Gasteiger partial charge in [0.25, 0.3) is 0 Å². The molecule has 0 N–H and O–H groups in total. The molecule has 0 spiro atoms. The summed E-state index contributed by atoms with van der Waals surface area (Å²) < 4.78 is 4.79. The average Bonchev–Trinajstić information content (AvgIpc) is 1.35. The summed E-state index contributed by atoms with van der Waals surface area (Å²) in [6.07, 6.45) is 0. The summed E-state index contributed by atoms with van der Waals surface area (Å²) in [6.45, 7) is 2.43. The SMILES string of the molecule is CCOC(=S)[S-].[Zn]. The molecule has 0 heterocycles. The van der Waals surface area contributed by atoms with Gasteiger partial charge >= 0.3 is 0 Å². The molecule has 0 aromatic heterocycles. The van der Waals surface area contributed by atoms with Crippen LogP contribution in [-0.4, -0.2) is 11.0 Å². The van der Waals surface area contributed by atoms with Crippen LogP contribution in [0.15, 0.2) is 0 Å². The fourth-order valence-corrected chi connectivity index (χ4v) is 0.354. The summed E-state index contributed by atoms with van der Waals surface area (Å²) >= 11 is 8.77. The molecule has 7 heavy (non-hydrogen) atoms.